The molecule has 0 radical (unpaired) electrons. The Morgan fingerprint density at radius 1 is 1.27 bits per heavy atom. The number of anilines is 1. The number of methoxy groups -OCH3 is 1. The summed E-state index contributed by atoms with van der Waals surface area (Å²) in [5.41, 5.74) is 1.84. The maximum atomic E-state index is 12.8. The lowest BCUT2D eigenvalue weighted by Crippen LogP contribution is -2.49. The molecule has 0 aliphatic carbocycles. The molecule has 30 heavy (non-hydrogen) atoms. The van der Waals surface area contributed by atoms with Crippen molar-refractivity contribution in [3.05, 3.63) is 70.4 Å². The molecule has 2 aliphatic rings. The van der Waals surface area contributed by atoms with E-state index in [0.717, 1.165) is 5.56 Å². The SMILES string of the molecule is COc1ccc(Cl)cc1NC(=O)CN1C(=O)NC(c2ccccc2)C2=C1COC2=O. The average Bonchev–Trinajstić information content (AvgIpc) is 3.12. The number of hydrogen-bond acceptors (Lipinski definition) is 5. The van der Waals surface area contributed by atoms with Gasteiger partial charge in [-0.25, -0.2) is 9.59 Å². The topological polar surface area (TPSA) is 97.0 Å². The molecular weight excluding hydrogens is 410 g/mol. The van der Waals surface area contributed by atoms with E-state index >= 15 is 0 Å². The highest BCUT2D eigenvalue weighted by Crippen LogP contribution is 2.35. The first-order valence-corrected chi connectivity index (χ1v) is 9.52. The second-order valence-electron chi connectivity index (χ2n) is 6.71. The van der Waals surface area contributed by atoms with E-state index in [1.165, 1.54) is 12.0 Å². The van der Waals surface area contributed by atoms with Crippen molar-refractivity contribution in [3.63, 3.8) is 0 Å². The molecule has 0 bridgehead atoms. The summed E-state index contributed by atoms with van der Waals surface area (Å²) in [7, 11) is 1.47. The van der Waals surface area contributed by atoms with Gasteiger partial charge in [-0.1, -0.05) is 41.9 Å². The molecule has 0 spiro atoms. The molecule has 0 saturated carbocycles. The van der Waals surface area contributed by atoms with Gasteiger partial charge < -0.3 is 20.1 Å². The third kappa shape index (κ3) is 3.69. The third-order valence-corrected chi connectivity index (χ3v) is 5.10. The number of nitrogens with zero attached hydrogens (tertiary/aromatic N) is 1. The molecule has 3 amide bonds. The summed E-state index contributed by atoms with van der Waals surface area (Å²) in [5, 5.41) is 5.90. The molecule has 1 atom stereocenters. The Balaban J connectivity index is 1.59. The van der Waals surface area contributed by atoms with Gasteiger partial charge in [0.25, 0.3) is 0 Å². The van der Waals surface area contributed by atoms with Gasteiger partial charge in [-0.05, 0) is 23.8 Å². The van der Waals surface area contributed by atoms with Crippen LogP contribution in [0.2, 0.25) is 5.02 Å². The molecule has 0 aromatic heterocycles. The maximum absolute atomic E-state index is 12.8. The zero-order valence-electron chi connectivity index (χ0n) is 16.0. The maximum Gasteiger partial charge on any atom is 0.338 e. The van der Waals surface area contributed by atoms with E-state index in [2.05, 4.69) is 10.6 Å². The highest BCUT2D eigenvalue weighted by molar-refractivity contribution is 6.31. The number of hydrogen-bond donors (Lipinski definition) is 2. The summed E-state index contributed by atoms with van der Waals surface area (Å²) in [6.45, 7) is -0.378. The van der Waals surface area contributed by atoms with Gasteiger partial charge in [0, 0.05) is 5.02 Å². The van der Waals surface area contributed by atoms with Gasteiger partial charge in [-0.15, -0.1) is 0 Å². The summed E-state index contributed by atoms with van der Waals surface area (Å²) in [6.07, 6.45) is 0. The van der Waals surface area contributed by atoms with E-state index in [1.807, 2.05) is 30.3 Å². The number of carbonyl (C=O) groups is 3. The predicted molar refractivity (Wildman–Crippen MR) is 109 cm³/mol. The molecule has 1 unspecified atom stereocenters. The van der Waals surface area contributed by atoms with Gasteiger partial charge in [-0.2, -0.15) is 0 Å². The lowest BCUT2D eigenvalue weighted by molar-refractivity contribution is -0.136. The molecule has 0 saturated heterocycles. The van der Waals surface area contributed by atoms with E-state index < -0.39 is 23.9 Å². The fourth-order valence-electron chi connectivity index (χ4n) is 3.49. The number of nitrogens with one attached hydrogen (secondary N) is 2. The van der Waals surface area contributed by atoms with Crippen molar-refractivity contribution in [1.82, 2.24) is 10.2 Å². The number of esters is 1. The molecule has 2 aliphatic heterocycles. The van der Waals surface area contributed by atoms with Crippen molar-refractivity contribution in [1.29, 1.82) is 0 Å². The summed E-state index contributed by atoms with van der Waals surface area (Å²) >= 11 is 5.99. The summed E-state index contributed by atoms with van der Waals surface area (Å²) < 4.78 is 10.4. The number of urea groups is 1. The van der Waals surface area contributed by atoms with Crippen LogP contribution in [0.3, 0.4) is 0 Å². The Morgan fingerprint density at radius 2 is 2.03 bits per heavy atom. The quantitative estimate of drug-likeness (QED) is 0.715. The highest BCUT2D eigenvalue weighted by Gasteiger charge is 2.42. The van der Waals surface area contributed by atoms with Gasteiger partial charge in [0.15, 0.2) is 0 Å². The van der Waals surface area contributed by atoms with Gasteiger partial charge in [0.05, 0.1) is 30.1 Å². The first-order valence-electron chi connectivity index (χ1n) is 9.14. The predicted octanol–water partition coefficient (Wildman–Crippen LogP) is 2.86. The van der Waals surface area contributed by atoms with Crippen LogP contribution in [0.25, 0.3) is 0 Å². The van der Waals surface area contributed by atoms with E-state index in [9.17, 15) is 14.4 Å². The number of carbonyl (C=O) groups excluding carboxylic acids is 3. The fraction of sp³-hybridized carbons (Fsp3) is 0.190. The van der Waals surface area contributed by atoms with Crippen molar-refractivity contribution in [2.24, 2.45) is 0 Å². The minimum absolute atomic E-state index is 0.0707. The Kier molecular flexibility index (Phi) is 5.33. The molecule has 2 aromatic rings. The van der Waals surface area contributed by atoms with Crippen LogP contribution in [0, 0.1) is 0 Å². The molecule has 8 nitrogen and oxygen atoms in total. The van der Waals surface area contributed by atoms with Crippen LogP contribution in [-0.2, 0) is 14.3 Å². The van der Waals surface area contributed by atoms with Gasteiger partial charge in [-0.3, -0.25) is 9.69 Å². The lowest BCUT2D eigenvalue weighted by atomic mass is 9.96. The van der Waals surface area contributed by atoms with E-state index in [-0.39, 0.29) is 13.2 Å². The van der Waals surface area contributed by atoms with Crippen molar-refractivity contribution < 1.29 is 23.9 Å². The number of cyclic esters (lactones) is 1. The first-order chi connectivity index (χ1) is 14.5. The fourth-order valence-corrected chi connectivity index (χ4v) is 3.66. The summed E-state index contributed by atoms with van der Waals surface area (Å²) in [4.78, 5) is 39.0. The van der Waals surface area contributed by atoms with Crippen LogP contribution in [0.5, 0.6) is 5.75 Å². The molecule has 2 heterocycles. The Morgan fingerprint density at radius 3 is 2.77 bits per heavy atom. The zero-order chi connectivity index (χ0) is 21.3. The van der Waals surface area contributed by atoms with Crippen LogP contribution in [0.15, 0.2) is 59.8 Å². The lowest BCUT2D eigenvalue weighted by Gasteiger charge is -2.32. The van der Waals surface area contributed by atoms with Crippen LogP contribution >= 0.6 is 11.6 Å². The summed E-state index contributed by atoms with van der Waals surface area (Å²) in [5.74, 6) is -0.560. The molecule has 2 N–H and O–H groups in total. The van der Waals surface area contributed by atoms with Crippen molar-refractivity contribution >= 4 is 35.2 Å². The molecular formula is C21H18ClN3O5. The smallest absolute Gasteiger partial charge is 0.338 e. The van der Waals surface area contributed by atoms with Gasteiger partial charge in [0.1, 0.15) is 18.9 Å². The monoisotopic (exact) mass is 427 g/mol. The summed E-state index contributed by atoms with van der Waals surface area (Å²) in [6, 6.07) is 12.8. The minimum Gasteiger partial charge on any atom is -0.495 e. The highest BCUT2D eigenvalue weighted by atomic mass is 35.5. The van der Waals surface area contributed by atoms with Crippen LogP contribution in [0.4, 0.5) is 10.5 Å². The largest absolute Gasteiger partial charge is 0.495 e. The Bertz CT molecular complexity index is 1050. The first kappa shape index (κ1) is 19.8. The minimum atomic E-state index is -0.629. The Hall–Kier alpha value is -3.52. The van der Waals surface area contributed by atoms with Crippen LogP contribution in [-0.4, -0.2) is 43.1 Å². The number of rotatable bonds is 5. The van der Waals surface area contributed by atoms with Crippen molar-refractivity contribution in [3.8, 4) is 5.75 Å². The normalized spacial score (nSPS) is 17.9. The van der Waals surface area contributed by atoms with E-state index in [4.69, 9.17) is 21.1 Å². The molecule has 0 fully saturated rings. The molecule has 4 rings (SSSR count). The van der Waals surface area contributed by atoms with Gasteiger partial charge >= 0.3 is 12.0 Å². The third-order valence-electron chi connectivity index (χ3n) is 4.87. The average molecular weight is 428 g/mol. The molecule has 154 valence electrons. The van der Waals surface area contributed by atoms with Crippen molar-refractivity contribution in [2.45, 2.75) is 6.04 Å². The number of ether oxygens (including phenoxy) is 2. The van der Waals surface area contributed by atoms with E-state index in [1.54, 1.807) is 18.2 Å². The molecule has 2 aromatic carbocycles. The number of halogens is 1. The van der Waals surface area contributed by atoms with Crippen LogP contribution < -0.4 is 15.4 Å². The zero-order valence-corrected chi connectivity index (χ0v) is 16.7. The van der Waals surface area contributed by atoms with Crippen molar-refractivity contribution in [2.75, 3.05) is 25.6 Å². The van der Waals surface area contributed by atoms with Crippen LogP contribution in [0.1, 0.15) is 11.6 Å². The molecule has 9 heteroatoms. The number of benzene rings is 2. The van der Waals surface area contributed by atoms with Gasteiger partial charge in [0.2, 0.25) is 5.91 Å². The second-order valence-corrected chi connectivity index (χ2v) is 7.15. The number of amides is 3. The standard InChI is InChI=1S/C21H18ClN3O5/c1-29-16-8-7-13(22)9-14(16)23-17(26)10-25-15-11-30-20(27)18(15)19(24-21(25)28)12-5-3-2-4-6-12/h2-9,19H,10-11H2,1H3,(H,23,26)(H,24,28). The second kappa shape index (κ2) is 8.08. The Labute approximate surface area is 177 Å². The van der Waals surface area contributed by atoms with E-state index in [0.29, 0.717) is 27.7 Å².